The molecular formula is C16H36N2. The van der Waals surface area contributed by atoms with Gasteiger partial charge in [-0.25, -0.2) is 0 Å². The predicted molar refractivity (Wildman–Crippen MR) is 82.6 cm³/mol. The standard InChI is InChI=1S/C16H36N2/c1-5-6-7-8-9-10-15(18)11-14(2)12-16(3,4)13-17/h14-15H,5-13,17-18H2,1-4H3. The van der Waals surface area contributed by atoms with Crippen molar-refractivity contribution in [3.05, 3.63) is 0 Å². The van der Waals surface area contributed by atoms with Gasteiger partial charge in [-0.15, -0.1) is 0 Å². The third-order valence-corrected chi connectivity index (χ3v) is 3.84. The van der Waals surface area contributed by atoms with E-state index in [1.165, 1.54) is 44.9 Å². The van der Waals surface area contributed by atoms with E-state index in [9.17, 15) is 0 Å². The second kappa shape index (κ2) is 9.80. The van der Waals surface area contributed by atoms with Crippen LogP contribution in [0.4, 0.5) is 0 Å². The molecule has 110 valence electrons. The van der Waals surface area contributed by atoms with Gasteiger partial charge in [0.05, 0.1) is 0 Å². The summed E-state index contributed by atoms with van der Waals surface area (Å²) in [5, 5.41) is 0. The summed E-state index contributed by atoms with van der Waals surface area (Å²) in [5.74, 6) is 0.689. The first-order valence-corrected chi connectivity index (χ1v) is 7.87. The van der Waals surface area contributed by atoms with E-state index in [-0.39, 0.29) is 5.41 Å². The van der Waals surface area contributed by atoms with Crippen molar-refractivity contribution in [1.82, 2.24) is 0 Å². The molecule has 0 aliphatic carbocycles. The van der Waals surface area contributed by atoms with Gasteiger partial charge in [-0.2, -0.15) is 0 Å². The lowest BCUT2D eigenvalue weighted by Gasteiger charge is -2.27. The smallest absolute Gasteiger partial charge is 0.00413 e. The Kier molecular flexibility index (Phi) is 9.76. The van der Waals surface area contributed by atoms with Crippen LogP contribution in [0.15, 0.2) is 0 Å². The zero-order valence-electron chi connectivity index (χ0n) is 13.2. The molecule has 0 fully saturated rings. The summed E-state index contributed by atoms with van der Waals surface area (Å²) in [6, 6.07) is 0.384. The summed E-state index contributed by atoms with van der Waals surface area (Å²) in [6.45, 7) is 9.84. The molecule has 0 aliphatic heterocycles. The van der Waals surface area contributed by atoms with Gasteiger partial charge >= 0.3 is 0 Å². The molecule has 0 heterocycles. The zero-order valence-corrected chi connectivity index (χ0v) is 13.2. The van der Waals surface area contributed by atoms with Crippen LogP contribution in [-0.4, -0.2) is 12.6 Å². The fourth-order valence-corrected chi connectivity index (χ4v) is 2.75. The van der Waals surface area contributed by atoms with E-state index in [4.69, 9.17) is 11.5 Å². The van der Waals surface area contributed by atoms with Gasteiger partial charge in [0.1, 0.15) is 0 Å². The number of unbranched alkanes of at least 4 members (excludes halogenated alkanes) is 4. The molecule has 2 heteroatoms. The summed E-state index contributed by atoms with van der Waals surface area (Å²) < 4.78 is 0. The lowest BCUT2D eigenvalue weighted by molar-refractivity contribution is 0.265. The number of hydrogen-bond acceptors (Lipinski definition) is 2. The zero-order chi connectivity index (χ0) is 14.0. The molecule has 0 saturated heterocycles. The van der Waals surface area contributed by atoms with Crippen LogP contribution in [0.2, 0.25) is 0 Å². The summed E-state index contributed by atoms with van der Waals surface area (Å²) in [6.07, 6.45) is 10.2. The molecule has 0 aliphatic rings. The Bertz CT molecular complexity index is 190. The summed E-state index contributed by atoms with van der Waals surface area (Å²) in [4.78, 5) is 0. The minimum absolute atomic E-state index is 0.264. The second-order valence-corrected chi connectivity index (χ2v) is 6.88. The molecule has 0 saturated carbocycles. The molecule has 0 rings (SSSR count). The van der Waals surface area contributed by atoms with Crippen LogP contribution < -0.4 is 11.5 Å². The quantitative estimate of drug-likeness (QED) is 0.547. The van der Waals surface area contributed by atoms with E-state index in [1.54, 1.807) is 0 Å². The molecule has 4 N–H and O–H groups in total. The Balaban J connectivity index is 3.64. The van der Waals surface area contributed by atoms with Crippen molar-refractivity contribution >= 4 is 0 Å². The van der Waals surface area contributed by atoms with Crippen molar-refractivity contribution in [3.63, 3.8) is 0 Å². The Morgan fingerprint density at radius 1 is 1.06 bits per heavy atom. The number of nitrogens with two attached hydrogens (primary N) is 2. The molecule has 2 atom stereocenters. The first-order valence-electron chi connectivity index (χ1n) is 7.87. The topological polar surface area (TPSA) is 52.0 Å². The molecule has 2 nitrogen and oxygen atoms in total. The SMILES string of the molecule is CCCCCCCC(N)CC(C)CC(C)(C)CN. The maximum absolute atomic E-state index is 6.22. The van der Waals surface area contributed by atoms with Crippen molar-refractivity contribution in [3.8, 4) is 0 Å². The first-order chi connectivity index (χ1) is 8.41. The summed E-state index contributed by atoms with van der Waals surface area (Å²) >= 11 is 0. The van der Waals surface area contributed by atoms with Crippen molar-refractivity contribution in [2.24, 2.45) is 22.8 Å². The van der Waals surface area contributed by atoms with Gasteiger partial charge in [0.15, 0.2) is 0 Å². The highest BCUT2D eigenvalue weighted by Crippen LogP contribution is 2.26. The number of rotatable bonds is 11. The van der Waals surface area contributed by atoms with E-state index in [1.807, 2.05) is 0 Å². The molecule has 0 spiro atoms. The van der Waals surface area contributed by atoms with Crippen LogP contribution in [-0.2, 0) is 0 Å². The van der Waals surface area contributed by atoms with Gasteiger partial charge < -0.3 is 11.5 Å². The lowest BCUT2D eigenvalue weighted by atomic mass is 9.81. The Morgan fingerprint density at radius 2 is 1.67 bits per heavy atom. The van der Waals surface area contributed by atoms with Crippen molar-refractivity contribution in [1.29, 1.82) is 0 Å². The molecule has 0 radical (unpaired) electrons. The van der Waals surface area contributed by atoms with E-state index in [0.717, 1.165) is 13.0 Å². The van der Waals surface area contributed by atoms with Crippen LogP contribution in [0.1, 0.15) is 79.1 Å². The van der Waals surface area contributed by atoms with Crippen molar-refractivity contribution in [2.75, 3.05) is 6.54 Å². The third kappa shape index (κ3) is 9.90. The van der Waals surface area contributed by atoms with E-state index < -0.39 is 0 Å². The summed E-state index contributed by atoms with van der Waals surface area (Å²) in [5.41, 5.74) is 12.3. The molecule has 0 aromatic carbocycles. The minimum Gasteiger partial charge on any atom is -0.330 e. The van der Waals surface area contributed by atoms with Crippen LogP contribution in [0.3, 0.4) is 0 Å². The molecule has 18 heavy (non-hydrogen) atoms. The highest BCUT2D eigenvalue weighted by atomic mass is 14.6. The van der Waals surface area contributed by atoms with Crippen molar-refractivity contribution in [2.45, 2.75) is 85.1 Å². The fraction of sp³-hybridized carbons (Fsp3) is 1.00. The molecule has 0 aromatic heterocycles. The van der Waals surface area contributed by atoms with Crippen LogP contribution in [0, 0.1) is 11.3 Å². The number of hydrogen-bond donors (Lipinski definition) is 2. The van der Waals surface area contributed by atoms with Gasteiger partial charge in [-0.05, 0) is 37.1 Å². The Labute approximate surface area is 115 Å². The molecule has 0 bridgehead atoms. The van der Waals surface area contributed by atoms with Gasteiger partial charge in [0, 0.05) is 6.04 Å². The van der Waals surface area contributed by atoms with Crippen LogP contribution in [0.5, 0.6) is 0 Å². The van der Waals surface area contributed by atoms with E-state index in [2.05, 4.69) is 27.7 Å². The molecule has 0 amide bonds. The predicted octanol–water partition coefficient (Wildman–Crippen LogP) is 4.08. The summed E-state index contributed by atoms with van der Waals surface area (Å²) in [7, 11) is 0. The largest absolute Gasteiger partial charge is 0.330 e. The van der Waals surface area contributed by atoms with Crippen molar-refractivity contribution < 1.29 is 0 Å². The Hall–Kier alpha value is -0.0800. The van der Waals surface area contributed by atoms with E-state index in [0.29, 0.717) is 12.0 Å². The lowest BCUT2D eigenvalue weighted by Crippen LogP contribution is -2.29. The first kappa shape index (κ1) is 17.9. The third-order valence-electron chi connectivity index (χ3n) is 3.84. The molecule has 2 unspecified atom stereocenters. The van der Waals surface area contributed by atoms with Gasteiger partial charge in [0.2, 0.25) is 0 Å². The van der Waals surface area contributed by atoms with Gasteiger partial charge in [-0.3, -0.25) is 0 Å². The minimum atomic E-state index is 0.264. The fourth-order valence-electron chi connectivity index (χ4n) is 2.75. The highest BCUT2D eigenvalue weighted by Gasteiger charge is 2.20. The monoisotopic (exact) mass is 256 g/mol. The average molecular weight is 256 g/mol. The normalized spacial score (nSPS) is 15.7. The average Bonchev–Trinajstić information content (AvgIpc) is 2.27. The van der Waals surface area contributed by atoms with E-state index >= 15 is 0 Å². The van der Waals surface area contributed by atoms with Gasteiger partial charge in [0.25, 0.3) is 0 Å². The second-order valence-electron chi connectivity index (χ2n) is 6.88. The van der Waals surface area contributed by atoms with Crippen LogP contribution >= 0.6 is 0 Å². The highest BCUT2D eigenvalue weighted by molar-refractivity contribution is 4.75. The molecular weight excluding hydrogens is 220 g/mol. The maximum atomic E-state index is 6.22. The molecule has 0 aromatic rings. The van der Waals surface area contributed by atoms with Crippen LogP contribution in [0.25, 0.3) is 0 Å². The maximum Gasteiger partial charge on any atom is 0.00413 e. The Morgan fingerprint density at radius 3 is 2.22 bits per heavy atom. The van der Waals surface area contributed by atoms with Gasteiger partial charge in [-0.1, -0.05) is 59.8 Å².